The SMILES string of the molecule is CCC1(O)CN(C(=O)C2CCCN(C(=O)C3CC3)C2)C1. The Hall–Kier alpha value is -1.10. The number of amides is 2. The second-order valence-corrected chi connectivity index (χ2v) is 6.67. The fraction of sp³-hybridized carbons (Fsp3) is 0.867. The molecule has 1 N–H and O–H groups in total. The topological polar surface area (TPSA) is 60.9 Å². The van der Waals surface area contributed by atoms with E-state index in [9.17, 15) is 14.7 Å². The molecule has 1 atom stereocenters. The van der Waals surface area contributed by atoms with Gasteiger partial charge in [0, 0.05) is 19.0 Å². The van der Waals surface area contributed by atoms with Crippen molar-refractivity contribution < 1.29 is 14.7 Å². The average molecular weight is 280 g/mol. The van der Waals surface area contributed by atoms with Crippen molar-refractivity contribution in [2.24, 2.45) is 11.8 Å². The monoisotopic (exact) mass is 280 g/mol. The molecule has 3 aliphatic rings. The lowest BCUT2D eigenvalue weighted by atomic mass is 9.88. The summed E-state index contributed by atoms with van der Waals surface area (Å²) < 4.78 is 0. The van der Waals surface area contributed by atoms with Gasteiger partial charge in [-0.3, -0.25) is 9.59 Å². The summed E-state index contributed by atoms with van der Waals surface area (Å²) in [7, 11) is 0. The van der Waals surface area contributed by atoms with Crippen molar-refractivity contribution in [3.05, 3.63) is 0 Å². The number of likely N-dealkylation sites (tertiary alicyclic amines) is 2. The maximum Gasteiger partial charge on any atom is 0.227 e. The highest BCUT2D eigenvalue weighted by Gasteiger charge is 2.45. The number of hydrogen-bond acceptors (Lipinski definition) is 3. The third kappa shape index (κ3) is 2.55. The molecule has 2 heterocycles. The fourth-order valence-corrected chi connectivity index (χ4v) is 3.27. The first-order valence-electron chi connectivity index (χ1n) is 7.82. The van der Waals surface area contributed by atoms with Gasteiger partial charge in [-0.2, -0.15) is 0 Å². The molecule has 5 nitrogen and oxygen atoms in total. The number of piperidine rings is 1. The summed E-state index contributed by atoms with van der Waals surface area (Å²) in [5.41, 5.74) is -0.673. The Morgan fingerprint density at radius 1 is 1.10 bits per heavy atom. The zero-order valence-electron chi connectivity index (χ0n) is 12.2. The molecule has 1 saturated carbocycles. The van der Waals surface area contributed by atoms with Gasteiger partial charge in [0.15, 0.2) is 0 Å². The normalized spacial score (nSPS) is 29.0. The van der Waals surface area contributed by atoms with E-state index in [1.165, 1.54) is 0 Å². The number of β-amino-alcohol motifs (C(OH)–C–C–N with tert-alkyl or cyclic N) is 1. The van der Waals surface area contributed by atoms with Crippen LogP contribution in [0.15, 0.2) is 0 Å². The van der Waals surface area contributed by atoms with Gasteiger partial charge in [0.05, 0.1) is 24.6 Å². The molecular formula is C15H24N2O3. The van der Waals surface area contributed by atoms with Crippen LogP contribution in [0.3, 0.4) is 0 Å². The minimum atomic E-state index is -0.673. The van der Waals surface area contributed by atoms with Crippen LogP contribution in [0.4, 0.5) is 0 Å². The number of rotatable bonds is 3. The number of hydrogen-bond donors (Lipinski definition) is 1. The summed E-state index contributed by atoms with van der Waals surface area (Å²) in [6, 6.07) is 0. The van der Waals surface area contributed by atoms with E-state index in [1.54, 1.807) is 4.90 Å². The molecule has 2 amide bonds. The Balaban J connectivity index is 1.54. The third-order valence-corrected chi connectivity index (χ3v) is 4.95. The van der Waals surface area contributed by atoms with Gasteiger partial charge in [0.2, 0.25) is 11.8 Å². The summed E-state index contributed by atoms with van der Waals surface area (Å²) in [5, 5.41) is 10.00. The molecule has 1 unspecified atom stereocenters. The predicted molar refractivity (Wildman–Crippen MR) is 73.8 cm³/mol. The standard InChI is InChI=1S/C15H24N2O3/c1-2-15(20)9-17(10-15)14(19)12-4-3-7-16(8-12)13(18)11-5-6-11/h11-12,20H,2-10H2,1H3. The molecular weight excluding hydrogens is 256 g/mol. The first-order valence-corrected chi connectivity index (χ1v) is 7.82. The molecule has 3 rings (SSSR count). The quantitative estimate of drug-likeness (QED) is 0.824. The lowest BCUT2D eigenvalue weighted by Gasteiger charge is -2.48. The second kappa shape index (κ2) is 5.02. The molecule has 3 fully saturated rings. The largest absolute Gasteiger partial charge is 0.386 e. The van der Waals surface area contributed by atoms with Crippen LogP contribution < -0.4 is 0 Å². The lowest BCUT2D eigenvalue weighted by Crippen LogP contribution is -2.65. The van der Waals surface area contributed by atoms with E-state index in [1.807, 2.05) is 11.8 Å². The molecule has 0 aromatic carbocycles. The number of carbonyl (C=O) groups is 2. The highest BCUT2D eigenvalue weighted by atomic mass is 16.3. The zero-order valence-corrected chi connectivity index (χ0v) is 12.2. The number of nitrogens with zero attached hydrogens (tertiary/aromatic N) is 2. The van der Waals surface area contributed by atoms with Crippen molar-refractivity contribution in [2.75, 3.05) is 26.2 Å². The minimum Gasteiger partial charge on any atom is -0.386 e. The van der Waals surface area contributed by atoms with Crippen LogP contribution in [0.1, 0.15) is 39.0 Å². The van der Waals surface area contributed by atoms with Crippen LogP contribution in [0.2, 0.25) is 0 Å². The van der Waals surface area contributed by atoms with Crippen LogP contribution >= 0.6 is 0 Å². The maximum absolute atomic E-state index is 12.4. The molecule has 2 aliphatic heterocycles. The van der Waals surface area contributed by atoms with Gasteiger partial charge in [-0.15, -0.1) is 0 Å². The Kier molecular flexibility index (Phi) is 3.48. The summed E-state index contributed by atoms with van der Waals surface area (Å²) in [6.45, 7) is 4.23. The smallest absolute Gasteiger partial charge is 0.227 e. The average Bonchev–Trinajstić information content (AvgIpc) is 3.27. The van der Waals surface area contributed by atoms with Crippen LogP contribution in [-0.2, 0) is 9.59 Å². The van der Waals surface area contributed by atoms with Gasteiger partial charge in [-0.05, 0) is 32.1 Å². The van der Waals surface area contributed by atoms with Gasteiger partial charge in [0.25, 0.3) is 0 Å². The van der Waals surface area contributed by atoms with Crippen molar-refractivity contribution >= 4 is 11.8 Å². The second-order valence-electron chi connectivity index (χ2n) is 6.67. The Morgan fingerprint density at radius 3 is 2.35 bits per heavy atom. The first kappa shape index (κ1) is 13.9. The van der Waals surface area contributed by atoms with E-state index >= 15 is 0 Å². The van der Waals surface area contributed by atoms with Crippen molar-refractivity contribution in [1.82, 2.24) is 9.80 Å². The van der Waals surface area contributed by atoms with Gasteiger partial charge in [-0.1, -0.05) is 6.92 Å². The summed E-state index contributed by atoms with van der Waals surface area (Å²) in [6.07, 6.45) is 4.51. The van der Waals surface area contributed by atoms with Crippen molar-refractivity contribution in [3.8, 4) is 0 Å². The van der Waals surface area contributed by atoms with E-state index in [0.29, 0.717) is 26.1 Å². The third-order valence-electron chi connectivity index (χ3n) is 4.95. The number of carbonyl (C=O) groups excluding carboxylic acids is 2. The van der Waals surface area contributed by atoms with E-state index in [4.69, 9.17) is 0 Å². The van der Waals surface area contributed by atoms with Crippen LogP contribution in [-0.4, -0.2) is 58.5 Å². The molecule has 0 aromatic rings. The van der Waals surface area contributed by atoms with E-state index in [2.05, 4.69) is 0 Å². The molecule has 0 bridgehead atoms. The molecule has 112 valence electrons. The Bertz CT molecular complexity index is 413. The summed E-state index contributed by atoms with van der Waals surface area (Å²) >= 11 is 0. The maximum atomic E-state index is 12.4. The molecule has 0 spiro atoms. The zero-order chi connectivity index (χ0) is 14.3. The fourth-order valence-electron chi connectivity index (χ4n) is 3.27. The molecule has 0 aromatic heterocycles. The molecule has 1 aliphatic carbocycles. The predicted octanol–water partition coefficient (Wildman–Crippen LogP) is 0.618. The highest BCUT2D eigenvalue weighted by molar-refractivity contribution is 5.84. The van der Waals surface area contributed by atoms with E-state index < -0.39 is 5.60 Å². The van der Waals surface area contributed by atoms with Crippen molar-refractivity contribution in [1.29, 1.82) is 0 Å². The van der Waals surface area contributed by atoms with Crippen molar-refractivity contribution in [3.63, 3.8) is 0 Å². The lowest BCUT2D eigenvalue weighted by molar-refractivity contribution is -0.162. The van der Waals surface area contributed by atoms with Gasteiger partial charge >= 0.3 is 0 Å². The molecule has 0 radical (unpaired) electrons. The summed E-state index contributed by atoms with van der Waals surface area (Å²) in [5.74, 6) is 0.540. The molecule has 5 heteroatoms. The van der Waals surface area contributed by atoms with Gasteiger partial charge in [-0.25, -0.2) is 0 Å². The first-order chi connectivity index (χ1) is 9.52. The van der Waals surface area contributed by atoms with Gasteiger partial charge < -0.3 is 14.9 Å². The van der Waals surface area contributed by atoms with E-state index in [0.717, 1.165) is 32.2 Å². The highest BCUT2D eigenvalue weighted by Crippen LogP contribution is 2.33. The minimum absolute atomic E-state index is 0.0622. The van der Waals surface area contributed by atoms with Crippen LogP contribution in [0, 0.1) is 11.8 Å². The molecule has 20 heavy (non-hydrogen) atoms. The summed E-state index contributed by atoms with van der Waals surface area (Å²) in [4.78, 5) is 28.1. The van der Waals surface area contributed by atoms with Gasteiger partial charge in [0.1, 0.15) is 0 Å². The molecule has 2 saturated heterocycles. The number of aliphatic hydroxyl groups is 1. The Labute approximate surface area is 119 Å². The van der Waals surface area contributed by atoms with Crippen molar-refractivity contribution in [2.45, 2.75) is 44.6 Å². The van der Waals surface area contributed by atoms with Crippen LogP contribution in [0.5, 0.6) is 0 Å². The van der Waals surface area contributed by atoms with E-state index in [-0.39, 0.29) is 23.7 Å². The Morgan fingerprint density at radius 2 is 1.75 bits per heavy atom. The van der Waals surface area contributed by atoms with Crippen LogP contribution in [0.25, 0.3) is 0 Å².